The highest BCUT2D eigenvalue weighted by Crippen LogP contribution is 2.35. The van der Waals surface area contributed by atoms with E-state index in [2.05, 4.69) is 17.4 Å². The van der Waals surface area contributed by atoms with Gasteiger partial charge in [-0.3, -0.25) is 19.2 Å². The van der Waals surface area contributed by atoms with Gasteiger partial charge in [0.25, 0.3) is 5.91 Å². The quantitative estimate of drug-likeness (QED) is 0.282. The van der Waals surface area contributed by atoms with Crippen molar-refractivity contribution in [3.8, 4) is 11.5 Å². The molecule has 4 aromatic rings. The van der Waals surface area contributed by atoms with E-state index in [-0.39, 0.29) is 47.7 Å². The van der Waals surface area contributed by atoms with E-state index in [9.17, 15) is 19.2 Å². The van der Waals surface area contributed by atoms with Crippen LogP contribution in [-0.2, 0) is 22.6 Å². The van der Waals surface area contributed by atoms with Crippen LogP contribution in [0.3, 0.4) is 0 Å². The normalized spacial score (nSPS) is 16.9. The van der Waals surface area contributed by atoms with Crippen molar-refractivity contribution < 1.29 is 28.3 Å². The summed E-state index contributed by atoms with van der Waals surface area (Å²) in [6.45, 7) is 2.47. The summed E-state index contributed by atoms with van der Waals surface area (Å²) in [6.07, 6.45) is 3.25. The molecule has 3 aromatic carbocycles. The summed E-state index contributed by atoms with van der Waals surface area (Å²) in [4.78, 5) is 56.5. The van der Waals surface area contributed by atoms with Crippen LogP contribution in [0, 0.1) is 0 Å². The van der Waals surface area contributed by atoms with Crippen molar-refractivity contribution in [1.82, 2.24) is 15.1 Å². The van der Waals surface area contributed by atoms with Gasteiger partial charge in [-0.25, -0.2) is 0 Å². The summed E-state index contributed by atoms with van der Waals surface area (Å²) < 4.78 is 16.6. The summed E-state index contributed by atoms with van der Waals surface area (Å²) in [7, 11) is 0. The Morgan fingerprint density at radius 3 is 2.43 bits per heavy atom. The van der Waals surface area contributed by atoms with E-state index in [1.165, 1.54) is 17.7 Å². The molecule has 0 spiro atoms. The van der Waals surface area contributed by atoms with E-state index in [0.29, 0.717) is 42.6 Å². The minimum absolute atomic E-state index is 0.0328. The molecule has 1 atom stereocenters. The largest absolute Gasteiger partial charge is 0.454 e. The summed E-state index contributed by atoms with van der Waals surface area (Å²) in [5.41, 5.74) is 2.97. The Hall–Kier alpha value is -4.83. The minimum atomic E-state index is -0.911. The Balaban J connectivity index is 1.08. The van der Waals surface area contributed by atoms with E-state index in [4.69, 9.17) is 25.5 Å². The number of likely N-dealkylation sites (tertiary alicyclic amines) is 2. The number of benzene rings is 3. The average molecular weight is 656 g/mol. The first kappa shape index (κ1) is 30.8. The fourth-order valence-electron chi connectivity index (χ4n) is 6.73. The van der Waals surface area contributed by atoms with Crippen LogP contribution in [0.5, 0.6) is 11.5 Å². The number of hydrogen-bond acceptors (Lipinski definition) is 7. The molecule has 4 heterocycles. The topological polar surface area (TPSA) is 118 Å². The second kappa shape index (κ2) is 13.1. The number of nitrogens with one attached hydrogen (secondary N) is 1. The zero-order chi connectivity index (χ0) is 32.5. The van der Waals surface area contributed by atoms with Crippen LogP contribution in [0.2, 0.25) is 5.02 Å². The first-order valence-corrected chi connectivity index (χ1v) is 16.3. The third-order valence-corrected chi connectivity index (χ3v) is 9.49. The maximum atomic E-state index is 14.0. The highest BCUT2D eigenvalue weighted by molar-refractivity contribution is 6.30. The Kier molecular flexibility index (Phi) is 8.60. The van der Waals surface area contributed by atoms with Crippen molar-refractivity contribution in [3.63, 3.8) is 0 Å². The molecule has 47 heavy (non-hydrogen) atoms. The number of amides is 3. The molecule has 3 aliphatic heterocycles. The van der Waals surface area contributed by atoms with E-state index < -0.39 is 17.4 Å². The van der Waals surface area contributed by atoms with Crippen molar-refractivity contribution in [1.29, 1.82) is 0 Å². The van der Waals surface area contributed by atoms with Gasteiger partial charge in [-0.1, -0.05) is 48.0 Å². The molecule has 0 radical (unpaired) electrons. The molecule has 2 saturated heterocycles. The van der Waals surface area contributed by atoms with Crippen LogP contribution < -0.4 is 20.2 Å². The highest BCUT2D eigenvalue weighted by Gasteiger charge is 2.32. The first-order chi connectivity index (χ1) is 22.8. The molecule has 10 nitrogen and oxygen atoms in total. The van der Waals surface area contributed by atoms with Gasteiger partial charge in [0.2, 0.25) is 18.6 Å². The zero-order valence-corrected chi connectivity index (χ0v) is 26.5. The predicted octanol–water partition coefficient (Wildman–Crippen LogP) is 5.04. The smallest absolute Gasteiger partial charge is 0.287 e. The van der Waals surface area contributed by atoms with Crippen LogP contribution in [0.25, 0.3) is 11.0 Å². The second-order valence-corrected chi connectivity index (χ2v) is 12.7. The van der Waals surface area contributed by atoms with Gasteiger partial charge in [0, 0.05) is 56.2 Å². The molecule has 1 N–H and O–H groups in total. The molecule has 11 heteroatoms. The lowest BCUT2D eigenvalue weighted by atomic mass is 9.86. The Labute approximate surface area is 276 Å². The van der Waals surface area contributed by atoms with Crippen LogP contribution >= 0.6 is 11.6 Å². The molecule has 0 saturated carbocycles. The molecular weight excluding hydrogens is 622 g/mol. The Morgan fingerprint density at radius 1 is 0.936 bits per heavy atom. The van der Waals surface area contributed by atoms with Crippen molar-refractivity contribution in [3.05, 3.63) is 104 Å². The van der Waals surface area contributed by atoms with E-state index in [1.807, 2.05) is 29.2 Å². The molecule has 0 unspecified atom stereocenters. The summed E-state index contributed by atoms with van der Waals surface area (Å²) >= 11 is 6.10. The standard InChI is InChI=1S/C36H34ClN3O7/c37-25-9-7-22(8-10-25)16-28(38-35(43)33-18-29(41)27-17-31-32(46-21-45-31)19-30(27)47-33)36(44)39-14-11-23(12-15-39)26-5-2-1-4-24(26)20-40-13-3-6-34(40)42/h1-2,4-5,7-10,17-19,23,28H,3,6,11-16,20-21H2,(H,38,43)/t28-/m1/s1. The number of ether oxygens (including phenoxy) is 2. The van der Waals surface area contributed by atoms with E-state index in [0.717, 1.165) is 43.0 Å². The number of rotatable bonds is 8. The molecule has 1 aromatic heterocycles. The van der Waals surface area contributed by atoms with Gasteiger partial charge in [-0.05, 0) is 60.1 Å². The average Bonchev–Trinajstić information content (AvgIpc) is 3.72. The number of carbonyl (C=O) groups is 3. The summed E-state index contributed by atoms with van der Waals surface area (Å²) in [5, 5.41) is 3.67. The fraction of sp³-hybridized carbons (Fsp3) is 0.333. The summed E-state index contributed by atoms with van der Waals surface area (Å²) in [5.74, 6) is 0.212. The maximum Gasteiger partial charge on any atom is 0.287 e. The number of carbonyl (C=O) groups excluding carboxylic acids is 3. The lowest BCUT2D eigenvalue weighted by molar-refractivity contribution is -0.134. The van der Waals surface area contributed by atoms with Crippen molar-refractivity contribution >= 4 is 40.3 Å². The predicted molar refractivity (Wildman–Crippen MR) is 175 cm³/mol. The number of fused-ring (bicyclic) bond motifs is 2. The molecule has 3 amide bonds. The number of nitrogens with zero attached hydrogens (tertiary/aromatic N) is 2. The number of hydrogen-bond donors (Lipinski definition) is 1. The molecule has 0 bridgehead atoms. The second-order valence-electron chi connectivity index (χ2n) is 12.3. The molecule has 0 aliphatic carbocycles. The van der Waals surface area contributed by atoms with Crippen LogP contribution in [0.15, 0.2) is 75.9 Å². The monoisotopic (exact) mass is 655 g/mol. The Morgan fingerprint density at radius 2 is 1.68 bits per heavy atom. The lowest BCUT2D eigenvalue weighted by Gasteiger charge is -2.35. The zero-order valence-electron chi connectivity index (χ0n) is 25.7. The van der Waals surface area contributed by atoms with Crippen LogP contribution in [-0.4, -0.2) is 60.0 Å². The maximum absolute atomic E-state index is 14.0. The third kappa shape index (κ3) is 6.55. The number of piperidine rings is 1. The lowest BCUT2D eigenvalue weighted by Crippen LogP contribution is -2.51. The SMILES string of the molecule is O=C(N[C@H](Cc1ccc(Cl)cc1)C(=O)N1CCC(c2ccccc2CN2CCCC2=O)CC1)c1cc(=O)c2cc3c(cc2o1)OCO3. The van der Waals surface area contributed by atoms with Gasteiger partial charge in [-0.15, -0.1) is 0 Å². The van der Waals surface area contributed by atoms with Gasteiger partial charge < -0.3 is 29.0 Å². The first-order valence-electron chi connectivity index (χ1n) is 15.9. The van der Waals surface area contributed by atoms with Gasteiger partial charge in [-0.2, -0.15) is 0 Å². The van der Waals surface area contributed by atoms with Gasteiger partial charge in [0.1, 0.15) is 11.6 Å². The van der Waals surface area contributed by atoms with Crippen molar-refractivity contribution in [2.75, 3.05) is 26.4 Å². The fourth-order valence-corrected chi connectivity index (χ4v) is 6.85. The van der Waals surface area contributed by atoms with E-state index in [1.54, 1.807) is 17.0 Å². The Bertz CT molecular complexity index is 1900. The summed E-state index contributed by atoms with van der Waals surface area (Å²) in [6, 6.07) is 18.7. The molecule has 3 aliphatic rings. The number of halogens is 1. The van der Waals surface area contributed by atoms with Crippen molar-refractivity contribution in [2.45, 2.75) is 50.6 Å². The molecule has 7 rings (SSSR count). The van der Waals surface area contributed by atoms with E-state index >= 15 is 0 Å². The van der Waals surface area contributed by atoms with Crippen LogP contribution in [0.4, 0.5) is 0 Å². The molecule has 242 valence electrons. The minimum Gasteiger partial charge on any atom is -0.454 e. The highest BCUT2D eigenvalue weighted by atomic mass is 35.5. The van der Waals surface area contributed by atoms with Gasteiger partial charge in [0.15, 0.2) is 22.7 Å². The third-order valence-electron chi connectivity index (χ3n) is 9.24. The molecular formula is C36H34ClN3O7. The van der Waals surface area contributed by atoms with Gasteiger partial charge >= 0.3 is 0 Å². The van der Waals surface area contributed by atoms with Crippen LogP contribution in [0.1, 0.15) is 58.8 Å². The molecule has 2 fully saturated rings. The van der Waals surface area contributed by atoms with Crippen molar-refractivity contribution in [2.24, 2.45) is 0 Å². The van der Waals surface area contributed by atoms with Gasteiger partial charge in [0.05, 0.1) is 5.39 Å².